The highest BCUT2D eigenvalue weighted by atomic mass is 16.3. The van der Waals surface area contributed by atoms with Gasteiger partial charge in [0.15, 0.2) is 11.2 Å². The lowest BCUT2D eigenvalue weighted by molar-refractivity contribution is 0.175. The fraction of sp³-hybridized carbons (Fsp3) is 0.375. The Kier molecular flexibility index (Phi) is 2.05. The van der Waals surface area contributed by atoms with Gasteiger partial charge in [-0.3, -0.25) is 4.79 Å². The lowest BCUT2D eigenvalue weighted by atomic mass is 10.4. The Morgan fingerprint density at radius 1 is 1.64 bits per heavy atom. The van der Waals surface area contributed by atoms with E-state index in [1.165, 1.54) is 12.7 Å². The van der Waals surface area contributed by atoms with Crippen LogP contribution in [0.25, 0.3) is 11.2 Å². The summed E-state index contributed by atoms with van der Waals surface area (Å²) in [7, 11) is 0. The zero-order chi connectivity index (χ0) is 10.1. The van der Waals surface area contributed by atoms with Crippen LogP contribution in [0.5, 0.6) is 0 Å². The van der Waals surface area contributed by atoms with Crippen LogP contribution in [-0.4, -0.2) is 30.7 Å². The third-order valence-electron chi connectivity index (χ3n) is 1.87. The molecule has 0 aliphatic rings. The lowest BCUT2D eigenvalue weighted by Crippen LogP contribution is -2.12. The van der Waals surface area contributed by atoms with Crippen molar-refractivity contribution < 1.29 is 5.11 Å². The third-order valence-corrected chi connectivity index (χ3v) is 1.87. The van der Waals surface area contributed by atoms with Gasteiger partial charge >= 0.3 is 0 Å². The van der Waals surface area contributed by atoms with Crippen LogP contribution in [0.15, 0.2) is 17.4 Å². The smallest absolute Gasteiger partial charge is 0.278 e. The number of aromatic nitrogens is 4. The van der Waals surface area contributed by atoms with E-state index in [1.807, 2.05) is 0 Å². The van der Waals surface area contributed by atoms with Gasteiger partial charge in [0.05, 0.1) is 25.3 Å². The van der Waals surface area contributed by atoms with E-state index in [9.17, 15) is 9.90 Å². The van der Waals surface area contributed by atoms with E-state index in [4.69, 9.17) is 0 Å². The van der Waals surface area contributed by atoms with E-state index in [2.05, 4.69) is 15.0 Å². The summed E-state index contributed by atoms with van der Waals surface area (Å²) in [6.45, 7) is 2.05. The van der Waals surface area contributed by atoms with E-state index in [0.29, 0.717) is 17.7 Å². The number of rotatable bonds is 2. The second-order valence-corrected chi connectivity index (χ2v) is 3.15. The van der Waals surface area contributed by atoms with Crippen LogP contribution in [0.1, 0.15) is 6.92 Å². The average molecular weight is 194 g/mol. The van der Waals surface area contributed by atoms with Crippen LogP contribution in [-0.2, 0) is 6.54 Å². The van der Waals surface area contributed by atoms with Gasteiger partial charge in [-0.05, 0) is 6.92 Å². The van der Waals surface area contributed by atoms with Crippen LogP contribution in [0.3, 0.4) is 0 Å². The van der Waals surface area contributed by atoms with E-state index >= 15 is 0 Å². The van der Waals surface area contributed by atoms with Crippen molar-refractivity contribution in [3.8, 4) is 0 Å². The average Bonchev–Trinajstić information content (AvgIpc) is 2.49. The summed E-state index contributed by atoms with van der Waals surface area (Å²) in [5, 5.41) is 9.19. The predicted molar refractivity (Wildman–Crippen MR) is 49.8 cm³/mol. The number of fused-ring (bicyclic) bond motifs is 1. The van der Waals surface area contributed by atoms with Gasteiger partial charge in [0.2, 0.25) is 0 Å². The summed E-state index contributed by atoms with van der Waals surface area (Å²) in [6, 6.07) is 0. The molecule has 0 aromatic carbocycles. The molecule has 2 heterocycles. The van der Waals surface area contributed by atoms with Crippen molar-refractivity contribution in [1.29, 1.82) is 0 Å². The molecular formula is C8H10N4O2. The molecule has 0 fully saturated rings. The molecule has 0 radical (unpaired) electrons. The minimum Gasteiger partial charge on any atom is -0.392 e. The molecule has 0 spiro atoms. The number of imidazole rings is 1. The molecular weight excluding hydrogens is 184 g/mol. The first kappa shape index (κ1) is 8.89. The predicted octanol–water partition coefficient (Wildman–Crippen LogP) is -0.500. The van der Waals surface area contributed by atoms with Gasteiger partial charge in [-0.15, -0.1) is 0 Å². The van der Waals surface area contributed by atoms with Gasteiger partial charge in [0.25, 0.3) is 5.56 Å². The summed E-state index contributed by atoms with van der Waals surface area (Å²) in [5.41, 5.74) is 0.530. The van der Waals surface area contributed by atoms with Crippen molar-refractivity contribution in [2.75, 3.05) is 0 Å². The number of aliphatic hydroxyl groups excluding tert-OH is 1. The molecule has 0 amide bonds. The van der Waals surface area contributed by atoms with Gasteiger partial charge in [0, 0.05) is 0 Å². The molecule has 6 nitrogen and oxygen atoms in total. The molecule has 0 unspecified atom stereocenters. The molecule has 2 aromatic rings. The summed E-state index contributed by atoms with van der Waals surface area (Å²) in [4.78, 5) is 21.6. The largest absolute Gasteiger partial charge is 0.392 e. The zero-order valence-corrected chi connectivity index (χ0v) is 7.64. The third kappa shape index (κ3) is 1.39. The van der Waals surface area contributed by atoms with E-state index in [-0.39, 0.29) is 5.56 Å². The number of H-pyrrole nitrogens is 1. The maximum absolute atomic E-state index is 11.2. The monoisotopic (exact) mass is 194 g/mol. The Bertz CT molecular complexity index is 499. The van der Waals surface area contributed by atoms with Crippen LogP contribution >= 0.6 is 0 Å². The van der Waals surface area contributed by atoms with E-state index in [1.54, 1.807) is 11.5 Å². The number of nitrogens with zero attached hydrogens (tertiary/aromatic N) is 3. The Labute approximate surface area is 79.2 Å². The van der Waals surface area contributed by atoms with Crippen molar-refractivity contribution in [3.05, 3.63) is 23.0 Å². The number of aliphatic hydroxyl groups is 1. The fourth-order valence-corrected chi connectivity index (χ4v) is 1.31. The van der Waals surface area contributed by atoms with Gasteiger partial charge in [0.1, 0.15) is 0 Å². The number of hydrogen-bond donors (Lipinski definition) is 2. The molecule has 0 saturated carbocycles. The molecule has 1 atom stereocenters. The maximum atomic E-state index is 11.2. The first-order valence-corrected chi connectivity index (χ1v) is 4.25. The van der Waals surface area contributed by atoms with Crippen molar-refractivity contribution in [3.63, 3.8) is 0 Å². The Balaban J connectivity index is 2.58. The van der Waals surface area contributed by atoms with Crippen molar-refractivity contribution >= 4 is 11.2 Å². The van der Waals surface area contributed by atoms with Crippen molar-refractivity contribution in [2.24, 2.45) is 0 Å². The molecule has 0 aliphatic carbocycles. The van der Waals surface area contributed by atoms with Crippen LogP contribution in [0, 0.1) is 0 Å². The molecule has 14 heavy (non-hydrogen) atoms. The molecule has 0 bridgehead atoms. The summed E-state index contributed by atoms with van der Waals surface area (Å²) in [5.74, 6) is 0. The quantitative estimate of drug-likeness (QED) is 0.675. The first-order chi connectivity index (χ1) is 6.68. The van der Waals surface area contributed by atoms with Crippen LogP contribution in [0.2, 0.25) is 0 Å². The first-order valence-electron chi connectivity index (χ1n) is 4.25. The molecule has 74 valence electrons. The van der Waals surface area contributed by atoms with Crippen molar-refractivity contribution in [1.82, 2.24) is 19.5 Å². The standard InChI is InChI=1S/C8H10N4O2/c1-5(13)2-12-4-11-6-7(12)9-3-10-8(6)14/h3-5,13H,2H2,1H3,(H,9,10,14)/t5-/m1/s1. The van der Waals surface area contributed by atoms with Gasteiger partial charge in [-0.1, -0.05) is 0 Å². The minimum absolute atomic E-state index is 0.264. The number of nitrogens with one attached hydrogen (secondary N) is 1. The Hall–Kier alpha value is -1.69. The normalized spacial score (nSPS) is 13.3. The maximum Gasteiger partial charge on any atom is 0.278 e. The van der Waals surface area contributed by atoms with Crippen LogP contribution in [0.4, 0.5) is 0 Å². The summed E-state index contributed by atoms with van der Waals surface area (Å²) < 4.78 is 1.65. The topological polar surface area (TPSA) is 83.8 Å². The molecule has 0 saturated heterocycles. The molecule has 2 N–H and O–H groups in total. The van der Waals surface area contributed by atoms with Crippen molar-refractivity contribution in [2.45, 2.75) is 19.6 Å². The Morgan fingerprint density at radius 2 is 2.43 bits per heavy atom. The SMILES string of the molecule is C[C@@H](O)Cn1cnc2c(=O)[nH]cnc21. The fourth-order valence-electron chi connectivity index (χ4n) is 1.31. The lowest BCUT2D eigenvalue weighted by Gasteiger charge is -2.04. The molecule has 2 aromatic heterocycles. The molecule has 6 heteroatoms. The second-order valence-electron chi connectivity index (χ2n) is 3.15. The second kappa shape index (κ2) is 3.22. The highest BCUT2D eigenvalue weighted by molar-refractivity contribution is 5.68. The summed E-state index contributed by atoms with van der Waals surface area (Å²) >= 11 is 0. The highest BCUT2D eigenvalue weighted by Gasteiger charge is 2.07. The van der Waals surface area contributed by atoms with Crippen LogP contribution < -0.4 is 5.56 Å². The van der Waals surface area contributed by atoms with E-state index < -0.39 is 6.10 Å². The van der Waals surface area contributed by atoms with E-state index in [0.717, 1.165) is 0 Å². The number of hydrogen-bond acceptors (Lipinski definition) is 4. The summed E-state index contributed by atoms with van der Waals surface area (Å²) in [6.07, 6.45) is 2.33. The number of aromatic amines is 1. The molecule has 2 rings (SSSR count). The van der Waals surface area contributed by atoms with Gasteiger partial charge < -0.3 is 14.7 Å². The minimum atomic E-state index is -0.492. The Morgan fingerprint density at radius 3 is 3.14 bits per heavy atom. The zero-order valence-electron chi connectivity index (χ0n) is 7.64. The van der Waals surface area contributed by atoms with Gasteiger partial charge in [-0.2, -0.15) is 0 Å². The van der Waals surface area contributed by atoms with Gasteiger partial charge in [-0.25, -0.2) is 9.97 Å². The molecule has 0 aliphatic heterocycles. The highest BCUT2D eigenvalue weighted by Crippen LogP contribution is 2.04.